The van der Waals surface area contributed by atoms with Crippen LogP contribution in [0.4, 0.5) is 5.69 Å². The van der Waals surface area contributed by atoms with Crippen LogP contribution in [0.5, 0.6) is 5.88 Å². The van der Waals surface area contributed by atoms with Gasteiger partial charge in [0.25, 0.3) is 5.91 Å². The Kier molecular flexibility index (Phi) is 4.12. The van der Waals surface area contributed by atoms with Crippen molar-refractivity contribution in [3.05, 3.63) is 40.8 Å². The number of hydrogen-bond donors (Lipinski definition) is 1. The van der Waals surface area contributed by atoms with Gasteiger partial charge in [0, 0.05) is 12.7 Å². The lowest BCUT2D eigenvalue weighted by Gasteiger charge is -2.07. The van der Waals surface area contributed by atoms with Crippen molar-refractivity contribution in [2.45, 2.75) is 20.0 Å². The van der Waals surface area contributed by atoms with Gasteiger partial charge in [0.15, 0.2) is 10.4 Å². The number of benzene rings is 1. The largest absolute Gasteiger partial charge is 0.473 e. The zero-order chi connectivity index (χ0) is 16.6. The number of carbonyl (C=O) groups is 1. The molecule has 2 aromatic heterocycles. The summed E-state index contributed by atoms with van der Waals surface area (Å²) < 4.78 is 13.2. The highest BCUT2D eigenvalue weighted by Gasteiger charge is 2.14. The number of hydrogen-bond acceptors (Lipinski definition) is 4. The highest BCUT2D eigenvalue weighted by Crippen LogP contribution is 2.28. The molecule has 0 aliphatic heterocycles. The third-order valence-electron chi connectivity index (χ3n) is 3.22. The molecule has 1 aromatic carbocycles. The Morgan fingerprint density at radius 2 is 2.13 bits per heavy atom. The van der Waals surface area contributed by atoms with E-state index in [0.29, 0.717) is 16.2 Å². The molecule has 0 aliphatic rings. The van der Waals surface area contributed by atoms with E-state index in [1.807, 2.05) is 39.1 Å². The summed E-state index contributed by atoms with van der Waals surface area (Å²) in [6, 6.07) is 8.83. The first-order valence-electron chi connectivity index (χ1n) is 7.14. The fourth-order valence-electron chi connectivity index (χ4n) is 2.25. The van der Waals surface area contributed by atoms with Gasteiger partial charge in [0.05, 0.1) is 17.0 Å². The van der Waals surface area contributed by atoms with E-state index in [1.54, 1.807) is 16.8 Å². The first-order valence-corrected chi connectivity index (χ1v) is 7.93. The predicted octanol–water partition coefficient (Wildman–Crippen LogP) is 3.97. The van der Waals surface area contributed by atoms with Crippen LogP contribution in [-0.4, -0.2) is 21.8 Å². The Morgan fingerprint density at radius 1 is 1.35 bits per heavy atom. The first-order chi connectivity index (χ1) is 10.9. The molecule has 120 valence electrons. The topological polar surface area (TPSA) is 69.3 Å². The van der Waals surface area contributed by atoms with Gasteiger partial charge in [-0.05, 0) is 60.1 Å². The maximum atomic E-state index is 12.2. The Hall–Kier alpha value is -2.28. The number of ether oxygens (including phenoxy) is 1. The van der Waals surface area contributed by atoms with Crippen LogP contribution in [0, 0.1) is 0 Å². The van der Waals surface area contributed by atoms with Crippen molar-refractivity contribution in [3.63, 3.8) is 0 Å². The van der Waals surface area contributed by atoms with E-state index in [9.17, 15) is 4.79 Å². The maximum Gasteiger partial charge on any atom is 0.291 e. The molecule has 0 radical (unpaired) electrons. The van der Waals surface area contributed by atoms with E-state index in [0.717, 1.165) is 10.9 Å². The third kappa shape index (κ3) is 3.24. The molecule has 2 heterocycles. The van der Waals surface area contributed by atoms with E-state index < -0.39 is 0 Å². The van der Waals surface area contributed by atoms with E-state index in [1.165, 1.54) is 0 Å². The zero-order valence-corrected chi connectivity index (χ0v) is 14.5. The van der Waals surface area contributed by atoms with E-state index in [4.69, 9.17) is 9.15 Å². The van der Waals surface area contributed by atoms with Crippen LogP contribution in [-0.2, 0) is 7.05 Å². The van der Waals surface area contributed by atoms with Crippen molar-refractivity contribution in [1.82, 2.24) is 9.78 Å². The number of anilines is 1. The highest BCUT2D eigenvalue weighted by atomic mass is 79.9. The van der Waals surface area contributed by atoms with Gasteiger partial charge in [-0.2, -0.15) is 0 Å². The van der Waals surface area contributed by atoms with E-state index in [2.05, 4.69) is 26.3 Å². The van der Waals surface area contributed by atoms with Crippen LogP contribution < -0.4 is 10.1 Å². The van der Waals surface area contributed by atoms with Crippen LogP contribution in [0.25, 0.3) is 10.9 Å². The lowest BCUT2D eigenvalue weighted by molar-refractivity contribution is 0.0995. The zero-order valence-electron chi connectivity index (χ0n) is 13.0. The second kappa shape index (κ2) is 6.08. The van der Waals surface area contributed by atoms with E-state index in [-0.39, 0.29) is 17.8 Å². The average molecular weight is 378 g/mol. The number of halogens is 1. The molecular formula is C16H16BrN3O3. The van der Waals surface area contributed by atoms with Crippen molar-refractivity contribution in [1.29, 1.82) is 0 Å². The van der Waals surface area contributed by atoms with Crippen molar-refractivity contribution >= 4 is 38.4 Å². The molecule has 1 amide bonds. The van der Waals surface area contributed by atoms with Gasteiger partial charge in [0.1, 0.15) is 0 Å². The predicted molar refractivity (Wildman–Crippen MR) is 90.8 cm³/mol. The number of furan rings is 1. The molecule has 3 rings (SSSR count). The molecule has 0 spiro atoms. The molecule has 0 aliphatic carbocycles. The fourth-order valence-corrected chi connectivity index (χ4v) is 2.56. The number of nitrogens with zero attached hydrogens (tertiary/aromatic N) is 2. The van der Waals surface area contributed by atoms with Gasteiger partial charge in [-0.3, -0.25) is 9.48 Å². The molecule has 0 atom stereocenters. The van der Waals surface area contributed by atoms with Crippen LogP contribution in [0.15, 0.2) is 39.4 Å². The Morgan fingerprint density at radius 3 is 2.78 bits per heavy atom. The van der Waals surface area contributed by atoms with Gasteiger partial charge in [-0.15, -0.1) is 5.10 Å². The van der Waals surface area contributed by atoms with E-state index >= 15 is 0 Å². The summed E-state index contributed by atoms with van der Waals surface area (Å²) >= 11 is 3.18. The van der Waals surface area contributed by atoms with Crippen LogP contribution in [0.2, 0.25) is 0 Å². The molecule has 6 nitrogen and oxygen atoms in total. The first kappa shape index (κ1) is 15.6. The minimum absolute atomic E-state index is 0.0202. The molecule has 1 N–H and O–H groups in total. The molecule has 0 saturated heterocycles. The van der Waals surface area contributed by atoms with Crippen molar-refractivity contribution in [2.75, 3.05) is 5.32 Å². The number of amides is 1. The Labute approximate surface area is 141 Å². The normalized spacial score (nSPS) is 11.2. The number of fused-ring (bicyclic) bond motifs is 1. The lowest BCUT2D eigenvalue weighted by Crippen LogP contribution is -2.10. The lowest BCUT2D eigenvalue weighted by atomic mass is 10.2. The molecular weight excluding hydrogens is 362 g/mol. The second-order valence-corrected chi connectivity index (χ2v) is 6.17. The highest BCUT2D eigenvalue weighted by molar-refractivity contribution is 9.10. The van der Waals surface area contributed by atoms with Gasteiger partial charge in [0.2, 0.25) is 5.88 Å². The number of rotatable bonds is 4. The molecule has 23 heavy (non-hydrogen) atoms. The monoisotopic (exact) mass is 377 g/mol. The average Bonchev–Trinajstić information content (AvgIpc) is 3.03. The Bertz CT molecular complexity index is 867. The summed E-state index contributed by atoms with van der Waals surface area (Å²) in [7, 11) is 1.86. The van der Waals surface area contributed by atoms with Gasteiger partial charge >= 0.3 is 0 Å². The molecule has 0 fully saturated rings. The standard InChI is InChI=1S/C16H16BrN3O3/c1-9(2)22-16-11-8-10(4-5-12(11)20(3)19-16)18-15(21)13-6-7-14(17)23-13/h4-9H,1-3H3,(H,18,21). The van der Waals surface area contributed by atoms with Crippen molar-refractivity contribution < 1.29 is 13.9 Å². The fraction of sp³-hybridized carbons (Fsp3) is 0.250. The summed E-state index contributed by atoms with van der Waals surface area (Å²) in [5, 5.41) is 8.02. The molecule has 0 bridgehead atoms. The second-order valence-electron chi connectivity index (χ2n) is 5.39. The minimum atomic E-state index is -0.315. The van der Waals surface area contributed by atoms with Gasteiger partial charge < -0.3 is 14.5 Å². The van der Waals surface area contributed by atoms with Crippen LogP contribution in [0.3, 0.4) is 0 Å². The number of nitrogens with one attached hydrogen (secondary N) is 1. The third-order valence-corrected chi connectivity index (χ3v) is 3.64. The SMILES string of the molecule is CC(C)Oc1nn(C)c2ccc(NC(=O)c3ccc(Br)o3)cc12. The number of aryl methyl sites for hydroxylation is 1. The molecule has 7 heteroatoms. The number of aromatic nitrogens is 2. The summed E-state index contributed by atoms with van der Waals surface area (Å²) in [4.78, 5) is 12.2. The smallest absolute Gasteiger partial charge is 0.291 e. The summed E-state index contributed by atoms with van der Waals surface area (Å²) in [6.07, 6.45) is 0.0202. The molecule has 0 unspecified atom stereocenters. The summed E-state index contributed by atoms with van der Waals surface area (Å²) in [6.45, 7) is 3.89. The summed E-state index contributed by atoms with van der Waals surface area (Å²) in [5.41, 5.74) is 1.58. The summed E-state index contributed by atoms with van der Waals surface area (Å²) in [5.74, 6) is 0.474. The van der Waals surface area contributed by atoms with Gasteiger partial charge in [-0.25, -0.2) is 0 Å². The Balaban J connectivity index is 1.91. The molecule has 3 aromatic rings. The van der Waals surface area contributed by atoms with Crippen molar-refractivity contribution in [3.8, 4) is 5.88 Å². The van der Waals surface area contributed by atoms with Crippen LogP contribution in [0.1, 0.15) is 24.4 Å². The van der Waals surface area contributed by atoms with Crippen molar-refractivity contribution in [2.24, 2.45) is 7.05 Å². The molecule has 0 saturated carbocycles. The maximum absolute atomic E-state index is 12.2. The quantitative estimate of drug-likeness (QED) is 0.746. The van der Waals surface area contributed by atoms with Crippen LogP contribution >= 0.6 is 15.9 Å². The number of carbonyl (C=O) groups excluding carboxylic acids is 1. The minimum Gasteiger partial charge on any atom is -0.473 e. The van der Waals surface area contributed by atoms with Gasteiger partial charge in [-0.1, -0.05) is 0 Å².